The van der Waals surface area contributed by atoms with Gasteiger partial charge < -0.3 is 10.1 Å². The van der Waals surface area contributed by atoms with Crippen LogP contribution in [0.2, 0.25) is 0 Å². The Kier molecular flexibility index (Phi) is 11.5. The van der Waals surface area contributed by atoms with E-state index in [2.05, 4.69) is 15.3 Å². The second-order valence-corrected chi connectivity index (χ2v) is 6.21. The van der Waals surface area contributed by atoms with Crippen molar-refractivity contribution in [3.05, 3.63) is 10.4 Å². The third-order valence-electron chi connectivity index (χ3n) is 2.92. The van der Waals surface area contributed by atoms with E-state index in [1.54, 1.807) is 0 Å². The van der Waals surface area contributed by atoms with Crippen LogP contribution in [-0.2, 0) is 4.74 Å². The smallest absolute Gasteiger partial charge is 0.407 e. The van der Waals surface area contributed by atoms with Gasteiger partial charge in [0.2, 0.25) is 0 Å². The molecule has 0 aromatic carbocycles. The maximum atomic E-state index is 11.4. The Labute approximate surface area is 128 Å². The van der Waals surface area contributed by atoms with Crippen LogP contribution in [0.5, 0.6) is 0 Å². The first-order valence-corrected chi connectivity index (χ1v) is 7.93. The molecule has 0 aliphatic carbocycles. The number of hydrogen-bond acceptors (Lipinski definition) is 3. The molecule has 21 heavy (non-hydrogen) atoms. The number of rotatable bonds is 11. The summed E-state index contributed by atoms with van der Waals surface area (Å²) in [7, 11) is 0. The fourth-order valence-corrected chi connectivity index (χ4v) is 1.92. The maximum absolute atomic E-state index is 11.4. The quantitative estimate of drug-likeness (QED) is 0.253. The molecule has 0 bridgehead atoms. The van der Waals surface area contributed by atoms with Gasteiger partial charge in [-0.15, -0.1) is 0 Å². The highest BCUT2D eigenvalue weighted by Crippen LogP contribution is 2.09. The predicted octanol–water partition coefficient (Wildman–Crippen LogP) is 4.94. The minimum atomic E-state index is -0.428. The number of carbonyl (C=O) groups excluding carboxylic acids is 1. The van der Waals surface area contributed by atoms with Gasteiger partial charge in [-0.25, -0.2) is 4.79 Å². The van der Waals surface area contributed by atoms with Crippen molar-refractivity contribution >= 4 is 6.09 Å². The normalized spacial score (nSPS) is 10.8. The van der Waals surface area contributed by atoms with Gasteiger partial charge in [0, 0.05) is 18.0 Å². The van der Waals surface area contributed by atoms with E-state index in [9.17, 15) is 4.79 Å². The van der Waals surface area contributed by atoms with E-state index >= 15 is 0 Å². The van der Waals surface area contributed by atoms with E-state index < -0.39 is 5.60 Å². The molecule has 1 N–H and O–H groups in total. The van der Waals surface area contributed by atoms with E-state index in [1.807, 2.05) is 20.8 Å². The summed E-state index contributed by atoms with van der Waals surface area (Å²) in [6.45, 7) is 6.88. The number of hydrogen-bond donors (Lipinski definition) is 1. The van der Waals surface area contributed by atoms with Crippen molar-refractivity contribution < 1.29 is 9.53 Å². The molecular weight excluding hydrogens is 268 g/mol. The highest BCUT2D eigenvalue weighted by Gasteiger charge is 2.15. The largest absolute Gasteiger partial charge is 0.444 e. The van der Waals surface area contributed by atoms with Gasteiger partial charge in [-0.3, -0.25) is 0 Å². The molecule has 0 unspecified atom stereocenters. The summed E-state index contributed by atoms with van der Waals surface area (Å²) in [4.78, 5) is 14.1. The summed E-state index contributed by atoms with van der Waals surface area (Å²) in [6, 6.07) is 0. The van der Waals surface area contributed by atoms with E-state index in [0.29, 0.717) is 13.1 Å². The summed E-state index contributed by atoms with van der Waals surface area (Å²) < 4.78 is 5.16. The lowest BCUT2D eigenvalue weighted by atomic mass is 10.1. The van der Waals surface area contributed by atoms with Gasteiger partial charge in [-0.05, 0) is 39.1 Å². The van der Waals surface area contributed by atoms with Crippen LogP contribution < -0.4 is 5.32 Å². The lowest BCUT2D eigenvalue weighted by molar-refractivity contribution is 0.0527. The molecule has 122 valence electrons. The van der Waals surface area contributed by atoms with Gasteiger partial charge in [0.15, 0.2) is 0 Å². The third kappa shape index (κ3) is 16.5. The van der Waals surface area contributed by atoms with Crippen molar-refractivity contribution in [3.8, 4) is 0 Å². The third-order valence-corrected chi connectivity index (χ3v) is 2.92. The Hall–Kier alpha value is -1.42. The van der Waals surface area contributed by atoms with Gasteiger partial charge >= 0.3 is 6.09 Å². The van der Waals surface area contributed by atoms with Gasteiger partial charge in [0.1, 0.15) is 5.60 Å². The van der Waals surface area contributed by atoms with Crippen LogP contribution in [0.15, 0.2) is 5.11 Å². The lowest BCUT2D eigenvalue weighted by Gasteiger charge is -2.19. The molecule has 0 rings (SSSR count). The van der Waals surface area contributed by atoms with Crippen LogP contribution in [0.3, 0.4) is 0 Å². The van der Waals surface area contributed by atoms with Crippen LogP contribution in [-0.4, -0.2) is 24.8 Å². The molecule has 0 aromatic rings. The lowest BCUT2D eigenvalue weighted by Crippen LogP contribution is -2.32. The fourth-order valence-electron chi connectivity index (χ4n) is 1.92. The molecule has 0 saturated carbocycles. The molecule has 0 aromatic heterocycles. The number of alkyl carbamates (subject to hydrolysis) is 1. The molecule has 0 fully saturated rings. The van der Waals surface area contributed by atoms with Crippen LogP contribution in [0.1, 0.15) is 72.1 Å². The monoisotopic (exact) mass is 298 g/mol. The van der Waals surface area contributed by atoms with Crippen molar-refractivity contribution in [1.29, 1.82) is 0 Å². The van der Waals surface area contributed by atoms with Gasteiger partial charge in [0.05, 0.1) is 0 Å². The number of carbonyl (C=O) groups is 1. The predicted molar refractivity (Wildman–Crippen MR) is 85.2 cm³/mol. The first-order valence-electron chi connectivity index (χ1n) is 7.93. The van der Waals surface area contributed by atoms with Gasteiger partial charge in [-0.2, -0.15) is 0 Å². The Bertz CT molecular complexity index is 320. The molecule has 0 saturated heterocycles. The average molecular weight is 298 g/mol. The SMILES string of the molecule is CC(C)(C)OC(=O)NCCCCCCCCCCN=[N+]=[N-]. The van der Waals surface area contributed by atoms with E-state index in [0.717, 1.165) is 25.7 Å². The van der Waals surface area contributed by atoms with Crippen molar-refractivity contribution in [2.24, 2.45) is 5.11 Å². The Morgan fingerprint density at radius 3 is 2.10 bits per heavy atom. The highest BCUT2D eigenvalue weighted by molar-refractivity contribution is 5.67. The number of azide groups is 1. The first kappa shape index (κ1) is 19.6. The summed E-state index contributed by atoms with van der Waals surface area (Å²) in [5.74, 6) is 0. The minimum Gasteiger partial charge on any atom is -0.444 e. The number of amides is 1. The van der Waals surface area contributed by atoms with E-state index in [4.69, 9.17) is 10.3 Å². The molecule has 1 amide bonds. The maximum Gasteiger partial charge on any atom is 0.407 e. The first-order chi connectivity index (χ1) is 9.95. The van der Waals surface area contributed by atoms with E-state index in [1.165, 1.54) is 25.7 Å². The highest BCUT2D eigenvalue weighted by atomic mass is 16.6. The Morgan fingerprint density at radius 2 is 1.57 bits per heavy atom. The molecule has 0 heterocycles. The second-order valence-electron chi connectivity index (χ2n) is 6.21. The molecule has 0 atom stereocenters. The molecule has 0 aliphatic heterocycles. The van der Waals surface area contributed by atoms with Crippen molar-refractivity contribution in [2.75, 3.05) is 13.1 Å². The number of nitrogens with zero attached hydrogens (tertiary/aromatic N) is 3. The van der Waals surface area contributed by atoms with Crippen LogP contribution in [0, 0.1) is 0 Å². The van der Waals surface area contributed by atoms with E-state index in [-0.39, 0.29) is 6.09 Å². The van der Waals surface area contributed by atoms with Crippen molar-refractivity contribution in [2.45, 2.75) is 77.7 Å². The van der Waals surface area contributed by atoms with Crippen LogP contribution in [0.25, 0.3) is 10.4 Å². The number of nitrogens with one attached hydrogen (secondary N) is 1. The number of ether oxygens (including phenoxy) is 1. The van der Waals surface area contributed by atoms with Gasteiger partial charge in [0.25, 0.3) is 0 Å². The molecule has 0 spiro atoms. The molecule has 0 aliphatic rings. The summed E-state index contributed by atoms with van der Waals surface area (Å²) in [6.07, 6.45) is 8.79. The molecule has 0 radical (unpaired) electrons. The minimum absolute atomic E-state index is 0.331. The van der Waals surface area contributed by atoms with Crippen LogP contribution >= 0.6 is 0 Å². The molecule has 6 nitrogen and oxygen atoms in total. The molecule has 6 heteroatoms. The van der Waals surface area contributed by atoms with Crippen LogP contribution in [0.4, 0.5) is 4.79 Å². The zero-order chi connectivity index (χ0) is 16.0. The van der Waals surface area contributed by atoms with Crippen molar-refractivity contribution in [3.63, 3.8) is 0 Å². The zero-order valence-corrected chi connectivity index (χ0v) is 13.7. The fraction of sp³-hybridized carbons (Fsp3) is 0.933. The van der Waals surface area contributed by atoms with Gasteiger partial charge in [-0.1, -0.05) is 43.6 Å². The average Bonchev–Trinajstić information content (AvgIpc) is 2.38. The standard InChI is InChI=1S/C15H30N4O2/c1-15(2,3)21-14(20)17-12-10-8-6-4-5-7-9-11-13-18-19-16/h4-13H2,1-3H3,(H,17,20). The Balaban J connectivity index is 3.22. The summed E-state index contributed by atoms with van der Waals surface area (Å²) in [5, 5.41) is 6.28. The second kappa shape index (κ2) is 12.3. The van der Waals surface area contributed by atoms with Crippen molar-refractivity contribution in [1.82, 2.24) is 5.32 Å². The number of unbranched alkanes of at least 4 members (excludes halogenated alkanes) is 7. The molecular formula is C15H30N4O2. The topological polar surface area (TPSA) is 87.1 Å². The Morgan fingerprint density at radius 1 is 1.05 bits per heavy atom. The summed E-state index contributed by atoms with van der Waals surface area (Å²) in [5.41, 5.74) is 7.70. The zero-order valence-electron chi connectivity index (χ0n) is 13.7. The summed E-state index contributed by atoms with van der Waals surface area (Å²) >= 11 is 0.